The summed E-state index contributed by atoms with van der Waals surface area (Å²) in [4.78, 5) is 22.7. The molecule has 2 aromatic rings. The molecule has 1 saturated heterocycles. The van der Waals surface area contributed by atoms with E-state index in [0.29, 0.717) is 56.9 Å². The minimum Gasteiger partial charge on any atom is -0.378 e. The third kappa shape index (κ3) is 4.47. The number of hydrazine groups is 1. The zero-order chi connectivity index (χ0) is 26.2. The second kappa shape index (κ2) is 10.4. The fourth-order valence-electron chi connectivity index (χ4n) is 5.95. The number of hydrogen-bond donors (Lipinski definition) is 1. The summed E-state index contributed by atoms with van der Waals surface area (Å²) in [6, 6.07) is 13.0. The maximum atomic E-state index is 16.4. The van der Waals surface area contributed by atoms with E-state index in [9.17, 15) is 4.79 Å². The summed E-state index contributed by atoms with van der Waals surface area (Å²) in [6.07, 6.45) is 4.38. The first kappa shape index (κ1) is 25.6. The number of morpholine rings is 1. The summed E-state index contributed by atoms with van der Waals surface area (Å²) >= 11 is 0. The topological polar surface area (TPSA) is 74.4 Å². The molecule has 0 spiro atoms. The van der Waals surface area contributed by atoms with E-state index in [1.54, 1.807) is 6.07 Å². The first-order valence-corrected chi connectivity index (χ1v) is 13.0. The Kier molecular flexibility index (Phi) is 7.16. The van der Waals surface area contributed by atoms with Crippen LogP contribution < -0.4 is 5.84 Å². The lowest BCUT2D eigenvalue weighted by Gasteiger charge is -2.51. The number of halogens is 1. The van der Waals surface area contributed by atoms with Gasteiger partial charge in [0.15, 0.2) is 0 Å². The third-order valence-electron chi connectivity index (χ3n) is 8.04. The van der Waals surface area contributed by atoms with Gasteiger partial charge in [0.1, 0.15) is 5.82 Å². The van der Waals surface area contributed by atoms with E-state index >= 15 is 4.39 Å². The van der Waals surface area contributed by atoms with Crippen molar-refractivity contribution in [3.8, 4) is 0 Å². The van der Waals surface area contributed by atoms with Crippen molar-refractivity contribution in [2.45, 2.75) is 37.8 Å². The molecule has 196 valence electrons. The van der Waals surface area contributed by atoms with Gasteiger partial charge in [-0.25, -0.2) is 10.2 Å². The van der Waals surface area contributed by atoms with Gasteiger partial charge in [-0.3, -0.25) is 14.8 Å². The highest BCUT2D eigenvalue weighted by molar-refractivity contribution is 5.97. The van der Waals surface area contributed by atoms with E-state index in [1.165, 1.54) is 11.1 Å². The Bertz CT molecular complexity index is 1210. The van der Waals surface area contributed by atoms with Crippen LogP contribution in [-0.4, -0.2) is 79.4 Å². The summed E-state index contributed by atoms with van der Waals surface area (Å²) in [5, 5.41) is 1.23. The predicted octanol–water partition coefficient (Wildman–Crippen LogP) is 3.32. The smallest absolute Gasteiger partial charge is 0.268 e. The molecule has 0 bridgehead atoms. The Hall–Kier alpha value is -3.07. The van der Waals surface area contributed by atoms with E-state index in [0.717, 1.165) is 16.8 Å². The monoisotopic (exact) mass is 505 g/mol. The highest BCUT2D eigenvalue weighted by Gasteiger charge is 2.52. The number of nitrogens with zero attached hydrogens (tertiary/aromatic N) is 4. The van der Waals surface area contributed by atoms with Gasteiger partial charge in [-0.15, -0.1) is 0 Å². The number of amides is 1. The van der Waals surface area contributed by atoms with E-state index in [4.69, 9.17) is 15.6 Å². The van der Waals surface area contributed by atoms with Crippen LogP contribution in [0.2, 0.25) is 0 Å². The van der Waals surface area contributed by atoms with Crippen molar-refractivity contribution >= 4 is 12.1 Å². The molecule has 2 atom stereocenters. The second-order valence-corrected chi connectivity index (χ2v) is 10.4. The van der Waals surface area contributed by atoms with Gasteiger partial charge in [0.05, 0.1) is 24.7 Å². The molecular weight excluding hydrogens is 469 g/mol. The fraction of sp³-hybridized carbons (Fsp3) is 0.448. The van der Waals surface area contributed by atoms with Crippen molar-refractivity contribution in [1.82, 2.24) is 14.8 Å². The number of allylic oxidation sites excluding steroid dienone is 1. The van der Waals surface area contributed by atoms with E-state index in [-0.39, 0.29) is 23.8 Å². The quantitative estimate of drug-likeness (QED) is 0.482. The van der Waals surface area contributed by atoms with Crippen LogP contribution in [-0.2, 0) is 16.6 Å². The molecule has 2 unspecified atom stereocenters. The van der Waals surface area contributed by atoms with E-state index in [1.807, 2.05) is 30.5 Å². The van der Waals surface area contributed by atoms with Gasteiger partial charge >= 0.3 is 0 Å². The zero-order valence-corrected chi connectivity index (χ0v) is 21.9. The molecule has 3 heterocycles. The Morgan fingerprint density at radius 2 is 1.89 bits per heavy atom. The average molecular weight is 506 g/mol. The first-order valence-electron chi connectivity index (χ1n) is 13.0. The number of nitrogens with two attached hydrogens (primary N) is 1. The van der Waals surface area contributed by atoms with Crippen molar-refractivity contribution < 1.29 is 13.9 Å². The van der Waals surface area contributed by atoms with Crippen LogP contribution in [0.3, 0.4) is 0 Å². The summed E-state index contributed by atoms with van der Waals surface area (Å²) in [5.41, 5.74) is 2.91. The van der Waals surface area contributed by atoms with Crippen LogP contribution in [0.25, 0.3) is 0 Å². The Balaban J connectivity index is 1.83. The molecule has 1 fully saturated rings. The van der Waals surface area contributed by atoms with Crippen LogP contribution in [0.5, 0.6) is 0 Å². The third-order valence-corrected chi connectivity index (χ3v) is 8.04. The number of carbonyl (C=O) groups is 1. The van der Waals surface area contributed by atoms with Crippen molar-refractivity contribution in [2.75, 3.05) is 46.4 Å². The predicted molar refractivity (Wildman–Crippen MR) is 143 cm³/mol. The maximum absolute atomic E-state index is 16.4. The molecule has 0 radical (unpaired) electrons. The van der Waals surface area contributed by atoms with Gasteiger partial charge in [0.25, 0.3) is 5.91 Å². The van der Waals surface area contributed by atoms with Crippen LogP contribution >= 0.6 is 0 Å². The summed E-state index contributed by atoms with van der Waals surface area (Å²) < 4.78 is 22.1. The molecule has 5 rings (SSSR count). The summed E-state index contributed by atoms with van der Waals surface area (Å²) in [7, 11) is 2.07. The van der Waals surface area contributed by atoms with Crippen molar-refractivity contribution in [3.05, 3.63) is 82.3 Å². The van der Waals surface area contributed by atoms with Gasteiger partial charge in [0.2, 0.25) is 0 Å². The standard InChI is InChI=1S/C29H36FN5O2/c1-20(2)33(3)19-29(26-22-12-14-35(31)28(36)23(22)9-10-24(26)30)25(34-15-17-37-18-16-34)11-13-32-27(29)21-7-5-4-6-8-21/h4-11,13,20,27H,12,14-19,31H2,1-3H3. The highest BCUT2D eigenvalue weighted by Crippen LogP contribution is 2.51. The number of carbonyl (C=O) groups excluding carboxylic acids is 1. The lowest BCUT2D eigenvalue weighted by molar-refractivity contribution is 0.0405. The van der Waals surface area contributed by atoms with E-state index in [2.05, 4.69) is 42.8 Å². The normalized spacial score (nSPS) is 24.0. The van der Waals surface area contributed by atoms with Gasteiger partial charge in [0, 0.05) is 55.3 Å². The van der Waals surface area contributed by atoms with Crippen LogP contribution in [0.15, 0.2) is 59.2 Å². The highest BCUT2D eigenvalue weighted by atomic mass is 19.1. The number of rotatable bonds is 6. The van der Waals surface area contributed by atoms with Crippen LogP contribution in [0, 0.1) is 5.82 Å². The van der Waals surface area contributed by atoms with Crippen molar-refractivity contribution in [2.24, 2.45) is 10.8 Å². The lowest BCUT2D eigenvalue weighted by Crippen LogP contribution is -2.55. The molecule has 0 aliphatic carbocycles. The molecule has 2 aromatic carbocycles. The maximum Gasteiger partial charge on any atom is 0.268 e. The Morgan fingerprint density at radius 1 is 1.16 bits per heavy atom. The molecule has 0 saturated carbocycles. The van der Waals surface area contributed by atoms with Gasteiger partial charge in [-0.1, -0.05) is 30.3 Å². The van der Waals surface area contributed by atoms with Crippen molar-refractivity contribution in [1.29, 1.82) is 0 Å². The van der Waals surface area contributed by atoms with Gasteiger partial charge < -0.3 is 14.5 Å². The van der Waals surface area contributed by atoms with E-state index < -0.39 is 5.41 Å². The molecule has 7 nitrogen and oxygen atoms in total. The van der Waals surface area contributed by atoms with Gasteiger partial charge in [-0.05, 0) is 56.7 Å². The SMILES string of the molecule is CC(C)N(C)CC1(c2c(F)ccc3c2CCN(N)C3=O)C(N2CCOCC2)=CC=NC1c1ccccc1. The zero-order valence-electron chi connectivity index (χ0n) is 21.9. The molecular formula is C29H36FN5O2. The number of ether oxygens (including phenoxy) is 1. The van der Waals surface area contributed by atoms with Crippen molar-refractivity contribution in [3.63, 3.8) is 0 Å². The average Bonchev–Trinajstić information content (AvgIpc) is 2.91. The number of likely N-dealkylation sites (N-methyl/N-ethyl adjacent to an activating group) is 1. The molecule has 1 amide bonds. The van der Waals surface area contributed by atoms with Crippen LogP contribution in [0.4, 0.5) is 4.39 Å². The Morgan fingerprint density at radius 3 is 2.59 bits per heavy atom. The molecule has 37 heavy (non-hydrogen) atoms. The second-order valence-electron chi connectivity index (χ2n) is 10.4. The molecule has 3 aliphatic rings. The number of dihydropyridines is 1. The summed E-state index contributed by atoms with van der Waals surface area (Å²) in [6.45, 7) is 7.78. The van der Waals surface area contributed by atoms with Gasteiger partial charge in [-0.2, -0.15) is 0 Å². The number of aliphatic imine (C=N–C) groups is 1. The first-order chi connectivity index (χ1) is 17.8. The molecule has 8 heteroatoms. The lowest BCUT2D eigenvalue weighted by atomic mass is 9.64. The molecule has 0 aromatic heterocycles. The largest absolute Gasteiger partial charge is 0.378 e. The minimum absolute atomic E-state index is 0.217. The molecule has 3 aliphatic heterocycles. The van der Waals surface area contributed by atoms with Crippen LogP contribution in [0.1, 0.15) is 46.9 Å². The number of hydrogen-bond acceptors (Lipinski definition) is 6. The fourth-order valence-corrected chi connectivity index (χ4v) is 5.95. The number of fused-ring (bicyclic) bond motifs is 1. The minimum atomic E-state index is -0.876. The molecule has 2 N–H and O–H groups in total. The summed E-state index contributed by atoms with van der Waals surface area (Å²) in [5.74, 6) is 5.41. The Labute approximate surface area is 218 Å². The number of benzene rings is 2.